The summed E-state index contributed by atoms with van der Waals surface area (Å²) in [4.78, 5) is 0. The van der Waals surface area contributed by atoms with Crippen LogP contribution in [0.15, 0.2) is 36.4 Å². The number of halogens is 2. The van der Waals surface area contributed by atoms with Crippen LogP contribution in [0.1, 0.15) is 63.5 Å². The fraction of sp³-hybridized carbons (Fsp3) is 0.429. The molecule has 0 unspecified atom stereocenters. The molecule has 0 aromatic heterocycles. The van der Waals surface area contributed by atoms with Crippen molar-refractivity contribution < 1.29 is 0 Å². The van der Waals surface area contributed by atoms with Gasteiger partial charge >= 0.3 is 0 Å². The predicted molar refractivity (Wildman–Crippen MR) is 117 cm³/mol. The van der Waals surface area contributed by atoms with E-state index in [0.29, 0.717) is 0 Å². The van der Waals surface area contributed by atoms with Crippen molar-refractivity contribution in [2.24, 2.45) is 0 Å². The predicted octanol–water partition coefficient (Wildman–Crippen LogP) is 7.54. The molecule has 2 heteroatoms. The van der Waals surface area contributed by atoms with Gasteiger partial charge < -0.3 is 0 Å². The van der Waals surface area contributed by atoms with Crippen LogP contribution in [0.25, 0.3) is 11.1 Å². The molecule has 0 amide bonds. The Kier molecular flexibility index (Phi) is 5.72. The molecule has 122 valence electrons. The van der Waals surface area contributed by atoms with Gasteiger partial charge in [0.1, 0.15) is 0 Å². The number of hydrogen-bond acceptors (Lipinski definition) is 0. The molecular formula is C21H24I2. The van der Waals surface area contributed by atoms with Crippen LogP contribution in [0.4, 0.5) is 0 Å². The smallest absolute Gasteiger partial charge is 0.0215 e. The summed E-state index contributed by atoms with van der Waals surface area (Å²) in [6.45, 7) is 4.62. The monoisotopic (exact) mass is 530 g/mol. The van der Waals surface area contributed by atoms with Gasteiger partial charge in [0, 0.05) is 12.6 Å². The van der Waals surface area contributed by atoms with E-state index in [4.69, 9.17) is 0 Å². The first-order chi connectivity index (χ1) is 11.1. The van der Waals surface area contributed by atoms with Crippen molar-refractivity contribution in [3.8, 4) is 11.1 Å². The minimum atomic E-state index is 0.241. The van der Waals surface area contributed by atoms with Gasteiger partial charge in [-0.3, -0.25) is 0 Å². The highest BCUT2D eigenvalue weighted by atomic mass is 127. The summed E-state index contributed by atoms with van der Waals surface area (Å²) in [5.41, 5.74) is 6.37. The fourth-order valence-electron chi connectivity index (χ4n) is 4.08. The second-order valence-corrected chi connectivity index (χ2v) is 9.16. The van der Waals surface area contributed by atoms with E-state index in [-0.39, 0.29) is 5.41 Å². The van der Waals surface area contributed by atoms with E-state index in [1.165, 1.54) is 56.8 Å². The summed E-state index contributed by atoms with van der Waals surface area (Å²) in [5, 5.41) is 0. The quantitative estimate of drug-likeness (QED) is 0.339. The maximum atomic E-state index is 2.45. The zero-order chi connectivity index (χ0) is 16.4. The van der Waals surface area contributed by atoms with E-state index in [9.17, 15) is 0 Å². The molecule has 0 fully saturated rings. The molecule has 0 radical (unpaired) electrons. The molecule has 0 saturated carbocycles. The van der Waals surface area contributed by atoms with E-state index in [1.807, 2.05) is 0 Å². The van der Waals surface area contributed by atoms with Gasteiger partial charge in [-0.25, -0.2) is 0 Å². The van der Waals surface area contributed by atoms with Crippen LogP contribution in [0.2, 0.25) is 0 Å². The van der Waals surface area contributed by atoms with E-state index in [2.05, 4.69) is 95.4 Å². The van der Waals surface area contributed by atoms with Crippen LogP contribution >= 0.6 is 45.2 Å². The van der Waals surface area contributed by atoms with Crippen LogP contribution in [0.5, 0.6) is 0 Å². The molecule has 0 nitrogen and oxygen atoms in total. The first-order valence-corrected chi connectivity index (χ1v) is 10.9. The molecule has 0 heterocycles. The topological polar surface area (TPSA) is 0 Å². The second-order valence-electron chi connectivity index (χ2n) is 6.67. The third-order valence-corrected chi connectivity index (χ3v) is 6.54. The number of unbranched alkanes of at least 4 members (excludes halogenated alkanes) is 2. The second kappa shape index (κ2) is 7.42. The molecule has 3 rings (SSSR count). The van der Waals surface area contributed by atoms with Crippen molar-refractivity contribution in [1.29, 1.82) is 0 Å². The maximum Gasteiger partial charge on any atom is 0.0215 e. The first kappa shape index (κ1) is 17.7. The third-order valence-electron chi connectivity index (χ3n) is 5.20. The summed E-state index contributed by atoms with van der Waals surface area (Å²) >= 11 is 4.90. The molecule has 0 aliphatic heterocycles. The van der Waals surface area contributed by atoms with Crippen molar-refractivity contribution in [3.05, 3.63) is 54.7 Å². The number of fused-ring (bicyclic) bond motifs is 3. The van der Waals surface area contributed by atoms with Gasteiger partial charge in [-0.05, 0) is 105 Å². The molecule has 0 bridgehead atoms. The zero-order valence-electron chi connectivity index (χ0n) is 14.0. The molecule has 1 aliphatic carbocycles. The SMILES string of the molecule is CCCCC1(CCCC)c2ccc(I)cc2-c2cc(I)ccc21. The van der Waals surface area contributed by atoms with E-state index < -0.39 is 0 Å². The molecule has 23 heavy (non-hydrogen) atoms. The Labute approximate surface area is 167 Å². The van der Waals surface area contributed by atoms with Crippen LogP contribution in [0.3, 0.4) is 0 Å². The Bertz CT molecular complexity index is 641. The highest BCUT2D eigenvalue weighted by Crippen LogP contribution is 2.54. The largest absolute Gasteiger partial charge is 0.0654 e. The lowest BCUT2D eigenvalue weighted by Crippen LogP contribution is -2.25. The van der Waals surface area contributed by atoms with Gasteiger partial charge in [0.25, 0.3) is 0 Å². The molecule has 2 aromatic carbocycles. The Hall–Kier alpha value is -0.100. The lowest BCUT2D eigenvalue weighted by atomic mass is 9.71. The van der Waals surface area contributed by atoms with Gasteiger partial charge in [0.2, 0.25) is 0 Å². The third kappa shape index (κ3) is 3.22. The average molecular weight is 530 g/mol. The Morgan fingerprint density at radius 1 is 0.739 bits per heavy atom. The lowest BCUT2D eigenvalue weighted by molar-refractivity contribution is 0.414. The Morgan fingerprint density at radius 2 is 1.17 bits per heavy atom. The van der Waals surface area contributed by atoms with Crippen LogP contribution in [0, 0.1) is 7.14 Å². The first-order valence-electron chi connectivity index (χ1n) is 8.73. The maximum absolute atomic E-state index is 2.45. The molecule has 2 aromatic rings. The van der Waals surface area contributed by atoms with Crippen molar-refractivity contribution in [3.63, 3.8) is 0 Å². The number of benzene rings is 2. The van der Waals surface area contributed by atoms with Crippen LogP contribution in [-0.4, -0.2) is 0 Å². The van der Waals surface area contributed by atoms with Gasteiger partial charge in [0.15, 0.2) is 0 Å². The molecule has 0 N–H and O–H groups in total. The Morgan fingerprint density at radius 3 is 1.57 bits per heavy atom. The van der Waals surface area contributed by atoms with E-state index in [0.717, 1.165) is 0 Å². The minimum absolute atomic E-state index is 0.241. The molecule has 1 aliphatic rings. The zero-order valence-corrected chi connectivity index (χ0v) is 18.3. The molecule has 0 atom stereocenters. The summed E-state index contributed by atoms with van der Waals surface area (Å²) in [6, 6.07) is 14.2. The Balaban J connectivity index is 2.22. The summed E-state index contributed by atoms with van der Waals surface area (Å²) < 4.78 is 2.68. The van der Waals surface area contributed by atoms with E-state index in [1.54, 1.807) is 11.1 Å². The average Bonchev–Trinajstić information content (AvgIpc) is 2.80. The molecule has 0 spiro atoms. The van der Waals surface area contributed by atoms with Gasteiger partial charge in [-0.15, -0.1) is 0 Å². The van der Waals surface area contributed by atoms with Gasteiger partial charge in [0.05, 0.1) is 0 Å². The van der Waals surface area contributed by atoms with Gasteiger partial charge in [-0.1, -0.05) is 51.7 Å². The number of hydrogen-bond donors (Lipinski definition) is 0. The summed E-state index contributed by atoms with van der Waals surface area (Å²) in [5.74, 6) is 0. The van der Waals surface area contributed by atoms with Crippen molar-refractivity contribution in [2.45, 2.75) is 57.8 Å². The normalized spacial score (nSPS) is 14.6. The van der Waals surface area contributed by atoms with Gasteiger partial charge in [-0.2, -0.15) is 0 Å². The summed E-state index contributed by atoms with van der Waals surface area (Å²) in [7, 11) is 0. The van der Waals surface area contributed by atoms with Crippen molar-refractivity contribution in [2.75, 3.05) is 0 Å². The van der Waals surface area contributed by atoms with Crippen molar-refractivity contribution in [1.82, 2.24) is 0 Å². The highest BCUT2D eigenvalue weighted by Gasteiger charge is 2.41. The standard InChI is InChI=1S/C21H24I2/c1-3-5-11-21(12-6-4-2)19-9-7-15(22)13-17(19)18-14-16(23)8-10-20(18)21/h7-10,13-14H,3-6,11-12H2,1-2H3. The summed E-state index contributed by atoms with van der Waals surface area (Å²) in [6.07, 6.45) is 7.72. The fourth-order valence-corrected chi connectivity index (χ4v) is 5.06. The lowest BCUT2D eigenvalue weighted by Gasteiger charge is -2.32. The van der Waals surface area contributed by atoms with Crippen LogP contribution < -0.4 is 0 Å². The van der Waals surface area contributed by atoms with Crippen molar-refractivity contribution >= 4 is 45.2 Å². The van der Waals surface area contributed by atoms with E-state index >= 15 is 0 Å². The molecular weight excluding hydrogens is 506 g/mol. The minimum Gasteiger partial charge on any atom is -0.0654 e. The number of rotatable bonds is 6. The molecule has 0 saturated heterocycles. The highest BCUT2D eigenvalue weighted by molar-refractivity contribution is 14.1. The van der Waals surface area contributed by atoms with Crippen LogP contribution in [-0.2, 0) is 5.41 Å².